The van der Waals surface area contributed by atoms with Crippen LogP contribution in [-0.2, 0) is 11.2 Å². The average molecular weight is 318 g/mol. The lowest BCUT2D eigenvalue weighted by Crippen LogP contribution is -2.41. The minimum absolute atomic E-state index is 0.0874. The van der Waals surface area contributed by atoms with E-state index in [0.29, 0.717) is 23.9 Å². The van der Waals surface area contributed by atoms with E-state index in [4.69, 9.17) is 21.1 Å². The number of rotatable bonds is 4. The summed E-state index contributed by atoms with van der Waals surface area (Å²) in [5, 5.41) is 3.46. The summed E-state index contributed by atoms with van der Waals surface area (Å²) in [6, 6.07) is 14.8. The first-order chi connectivity index (χ1) is 10.7. The lowest BCUT2D eigenvalue weighted by Gasteiger charge is -2.26. The number of benzene rings is 2. The van der Waals surface area contributed by atoms with Crippen LogP contribution in [0.3, 0.4) is 0 Å². The molecule has 5 heteroatoms. The van der Waals surface area contributed by atoms with Gasteiger partial charge in [-0.2, -0.15) is 0 Å². The molecule has 3 rings (SSSR count). The molecule has 0 unspecified atom stereocenters. The van der Waals surface area contributed by atoms with Crippen molar-refractivity contribution in [1.29, 1.82) is 0 Å². The van der Waals surface area contributed by atoms with Gasteiger partial charge in [-0.3, -0.25) is 4.79 Å². The second kappa shape index (κ2) is 6.71. The molecule has 0 fully saturated rings. The number of halogens is 1. The fraction of sp³-hybridized carbons (Fsp3) is 0.235. The van der Waals surface area contributed by atoms with Crippen LogP contribution in [0.5, 0.6) is 11.5 Å². The summed E-state index contributed by atoms with van der Waals surface area (Å²) in [6.45, 7) is 0.820. The number of fused-ring (bicyclic) bond motifs is 1. The van der Waals surface area contributed by atoms with Crippen LogP contribution in [0.4, 0.5) is 0 Å². The first-order valence-electron chi connectivity index (χ1n) is 7.11. The second-order valence-electron chi connectivity index (χ2n) is 5.07. The topological polar surface area (TPSA) is 47.6 Å². The third-order valence-electron chi connectivity index (χ3n) is 3.40. The SMILES string of the molecule is O=C(Cc1ccccc1Cl)NC[C@H]1COc2ccccc2O1. The van der Waals surface area contributed by atoms with Gasteiger partial charge in [0.15, 0.2) is 11.5 Å². The molecule has 0 saturated heterocycles. The van der Waals surface area contributed by atoms with Gasteiger partial charge in [0.05, 0.1) is 13.0 Å². The van der Waals surface area contributed by atoms with Crippen molar-refractivity contribution in [2.45, 2.75) is 12.5 Å². The molecule has 0 radical (unpaired) electrons. The van der Waals surface area contributed by atoms with Crippen LogP contribution in [0.2, 0.25) is 5.02 Å². The van der Waals surface area contributed by atoms with E-state index in [1.807, 2.05) is 42.5 Å². The monoisotopic (exact) mass is 317 g/mol. The molecule has 1 N–H and O–H groups in total. The highest BCUT2D eigenvalue weighted by atomic mass is 35.5. The average Bonchev–Trinajstić information content (AvgIpc) is 2.55. The molecule has 114 valence electrons. The highest BCUT2D eigenvalue weighted by Gasteiger charge is 2.21. The van der Waals surface area contributed by atoms with Crippen LogP contribution in [-0.4, -0.2) is 25.2 Å². The third kappa shape index (κ3) is 3.52. The van der Waals surface area contributed by atoms with E-state index in [0.717, 1.165) is 11.3 Å². The molecule has 22 heavy (non-hydrogen) atoms. The van der Waals surface area contributed by atoms with Crippen molar-refractivity contribution in [1.82, 2.24) is 5.32 Å². The van der Waals surface area contributed by atoms with Crippen LogP contribution in [0, 0.1) is 0 Å². The van der Waals surface area contributed by atoms with Crippen molar-refractivity contribution in [3.8, 4) is 11.5 Å². The van der Waals surface area contributed by atoms with E-state index in [9.17, 15) is 4.79 Å². The Labute approximate surface area is 134 Å². The van der Waals surface area contributed by atoms with Gasteiger partial charge < -0.3 is 14.8 Å². The van der Waals surface area contributed by atoms with Gasteiger partial charge in [-0.25, -0.2) is 0 Å². The molecule has 0 saturated carbocycles. The maximum atomic E-state index is 12.0. The summed E-state index contributed by atoms with van der Waals surface area (Å²) in [4.78, 5) is 12.0. The number of carbonyl (C=O) groups is 1. The van der Waals surface area contributed by atoms with Gasteiger partial charge in [0.2, 0.25) is 5.91 Å². The minimum Gasteiger partial charge on any atom is -0.486 e. The van der Waals surface area contributed by atoms with E-state index < -0.39 is 0 Å². The molecular weight excluding hydrogens is 302 g/mol. The Hall–Kier alpha value is -2.20. The van der Waals surface area contributed by atoms with Crippen molar-refractivity contribution in [2.75, 3.05) is 13.2 Å². The summed E-state index contributed by atoms with van der Waals surface area (Å²) in [7, 11) is 0. The number of hydrogen-bond donors (Lipinski definition) is 1. The first kappa shape index (κ1) is 14.7. The molecule has 2 aromatic rings. The lowest BCUT2D eigenvalue weighted by molar-refractivity contribution is -0.120. The number of ether oxygens (including phenoxy) is 2. The Kier molecular flexibility index (Phi) is 4.49. The van der Waals surface area contributed by atoms with Crippen LogP contribution in [0.25, 0.3) is 0 Å². The molecule has 1 amide bonds. The fourth-order valence-electron chi connectivity index (χ4n) is 2.27. The Morgan fingerprint density at radius 1 is 1.14 bits per heavy atom. The van der Waals surface area contributed by atoms with Crippen molar-refractivity contribution in [3.63, 3.8) is 0 Å². The summed E-state index contributed by atoms with van der Waals surface area (Å²) in [6.07, 6.45) is 0.0641. The zero-order chi connectivity index (χ0) is 15.4. The van der Waals surface area contributed by atoms with Crippen LogP contribution in [0.1, 0.15) is 5.56 Å². The smallest absolute Gasteiger partial charge is 0.224 e. The molecule has 0 spiro atoms. The third-order valence-corrected chi connectivity index (χ3v) is 3.77. The quantitative estimate of drug-likeness (QED) is 0.943. The Balaban J connectivity index is 1.51. The summed E-state index contributed by atoms with van der Waals surface area (Å²) >= 11 is 6.05. The Bertz CT molecular complexity index is 674. The zero-order valence-electron chi connectivity index (χ0n) is 11.9. The number of hydrogen-bond acceptors (Lipinski definition) is 3. The van der Waals surface area contributed by atoms with Gasteiger partial charge in [0.25, 0.3) is 0 Å². The summed E-state index contributed by atoms with van der Waals surface area (Å²) in [5.74, 6) is 1.36. The fourth-order valence-corrected chi connectivity index (χ4v) is 2.47. The molecule has 1 atom stereocenters. The highest BCUT2D eigenvalue weighted by Crippen LogP contribution is 2.30. The van der Waals surface area contributed by atoms with E-state index in [1.54, 1.807) is 6.07 Å². The maximum Gasteiger partial charge on any atom is 0.224 e. The molecule has 4 nitrogen and oxygen atoms in total. The van der Waals surface area contributed by atoms with Crippen LogP contribution < -0.4 is 14.8 Å². The normalized spacial score (nSPS) is 16.1. The van der Waals surface area contributed by atoms with E-state index in [-0.39, 0.29) is 18.4 Å². The zero-order valence-corrected chi connectivity index (χ0v) is 12.7. The number of carbonyl (C=O) groups excluding carboxylic acids is 1. The Morgan fingerprint density at radius 3 is 2.68 bits per heavy atom. The van der Waals surface area contributed by atoms with E-state index >= 15 is 0 Å². The van der Waals surface area contributed by atoms with E-state index in [2.05, 4.69) is 5.32 Å². The molecule has 0 aromatic heterocycles. The predicted molar refractivity (Wildman–Crippen MR) is 84.5 cm³/mol. The van der Waals surface area contributed by atoms with Gasteiger partial charge in [-0.1, -0.05) is 41.9 Å². The van der Waals surface area contributed by atoms with E-state index in [1.165, 1.54) is 0 Å². The van der Waals surface area contributed by atoms with Gasteiger partial charge in [-0.05, 0) is 23.8 Å². The van der Waals surface area contributed by atoms with Gasteiger partial charge in [0, 0.05) is 5.02 Å². The van der Waals surface area contributed by atoms with Crippen molar-refractivity contribution in [2.24, 2.45) is 0 Å². The maximum absolute atomic E-state index is 12.0. The van der Waals surface area contributed by atoms with Crippen LogP contribution >= 0.6 is 11.6 Å². The molecular formula is C17H16ClNO3. The molecule has 1 heterocycles. The minimum atomic E-state index is -0.190. The standard InChI is InChI=1S/C17H16ClNO3/c18-14-6-2-1-5-12(14)9-17(20)19-10-13-11-21-15-7-3-4-8-16(15)22-13/h1-8,13H,9-11H2,(H,19,20)/t13-/m0/s1. The molecule has 0 aliphatic carbocycles. The number of amides is 1. The largest absolute Gasteiger partial charge is 0.486 e. The molecule has 0 bridgehead atoms. The van der Waals surface area contributed by atoms with Crippen molar-refractivity contribution < 1.29 is 14.3 Å². The van der Waals surface area contributed by atoms with Crippen molar-refractivity contribution in [3.05, 3.63) is 59.1 Å². The van der Waals surface area contributed by atoms with Gasteiger partial charge >= 0.3 is 0 Å². The molecule has 2 aromatic carbocycles. The summed E-state index contributed by atoms with van der Waals surface area (Å²) < 4.78 is 11.4. The number of para-hydroxylation sites is 2. The summed E-state index contributed by atoms with van der Waals surface area (Å²) in [5.41, 5.74) is 0.813. The lowest BCUT2D eigenvalue weighted by atomic mass is 10.1. The van der Waals surface area contributed by atoms with Gasteiger partial charge in [0.1, 0.15) is 12.7 Å². The predicted octanol–water partition coefficient (Wildman–Crippen LogP) is 2.84. The molecule has 1 aliphatic rings. The first-order valence-corrected chi connectivity index (χ1v) is 7.49. The van der Waals surface area contributed by atoms with Crippen LogP contribution in [0.15, 0.2) is 48.5 Å². The molecule has 1 aliphatic heterocycles. The highest BCUT2D eigenvalue weighted by molar-refractivity contribution is 6.31. The number of nitrogens with one attached hydrogen (secondary N) is 1. The van der Waals surface area contributed by atoms with Crippen molar-refractivity contribution >= 4 is 17.5 Å². The Morgan fingerprint density at radius 2 is 1.86 bits per heavy atom. The van der Waals surface area contributed by atoms with Gasteiger partial charge in [-0.15, -0.1) is 0 Å². The second-order valence-corrected chi connectivity index (χ2v) is 5.48.